The maximum Gasteiger partial charge on any atom is 0.161 e. The van der Waals surface area contributed by atoms with E-state index in [0.717, 1.165) is 44.9 Å². The van der Waals surface area contributed by atoms with Gasteiger partial charge in [-0.2, -0.15) is 0 Å². The number of ketones is 1. The first-order chi connectivity index (χ1) is 18.1. The highest BCUT2D eigenvalue weighted by atomic mass is 16.5. The van der Waals surface area contributed by atoms with Crippen molar-refractivity contribution in [2.45, 2.75) is 145 Å². The zero-order valence-corrected chi connectivity index (χ0v) is 26.8. The van der Waals surface area contributed by atoms with Crippen molar-refractivity contribution < 1.29 is 24.9 Å². The van der Waals surface area contributed by atoms with Crippen molar-refractivity contribution in [2.24, 2.45) is 41.4 Å². The van der Waals surface area contributed by atoms with Crippen LogP contribution in [0.3, 0.4) is 0 Å². The summed E-state index contributed by atoms with van der Waals surface area (Å²) in [6, 6.07) is 0. The van der Waals surface area contributed by atoms with E-state index >= 15 is 0 Å². The molecule has 5 nitrogen and oxygen atoms in total. The van der Waals surface area contributed by atoms with Crippen LogP contribution >= 0.6 is 0 Å². The summed E-state index contributed by atoms with van der Waals surface area (Å²) >= 11 is 0. The fraction of sp³-hybridized carbons (Fsp3) is 0.853. The molecule has 39 heavy (non-hydrogen) atoms. The Balaban J connectivity index is 2.48. The molecule has 3 N–H and O–H groups in total. The molecule has 1 rings (SSSR count). The Labute approximate surface area is 240 Å². The molecule has 0 spiro atoms. The second-order valence-electron chi connectivity index (χ2n) is 13.9. The van der Waals surface area contributed by atoms with Gasteiger partial charge in [0.1, 0.15) is 0 Å². The van der Waals surface area contributed by atoms with Crippen LogP contribution in [0, 0.1) is 41.4 Å². The third-order valence-electron chi connectivity index (χ3n) is 9.02. The Kier molecular flexibility index (Phi) is 15.6. The average Bonchev–Trinajstić information content (AvgIpc) is 3.19. The van der Waals surface area contributed by atoms with Crippen LogP contribution in [0.1, 0.15) is 121 Å². The summed E-state index contributed by atoms with van der Waals surface area (Å²) in [5, 5.41) is 32.1. The van der Waals surface area contributed by atoms with Gasteiger partial charge in [-0.1, -0.05) is 74.0 Å². The second-order valence-corrected chi connectivity index (χ2v) is 13.9. The Morgan fingerprint density at radius 3 is 2.13 bits per heavy atom. The molecule has 0 amide bonds. The van der Waals surface area contributed by atoms with Gasteiger partial charge in [-0.05, 0) is 76.5 Å². The molecule has 0 aromatic heterocycles. The van der Waals surface area contributed by atoms with Gasteiger partial charge in [0.05, 0.1) is 29.7 Å². The molecule has 1 heterocycles. The molecule has 0 aromatic rings. The molecule has 0 bridgehead atoms. The van der Waals surface area contributed by atoms with Gasteiger partial charge in [0, 0.05) is 29.7 Å². The lowest BCUT2D eigenvalue weighted by atomic mass is 9.85. The Morgan fingerprint density at radius 2 is 1.56 bits per heavy atom. The lowest BCUT2D eigenvalue weighted by molar-refractivity contribution is -0.118. The summed E-state index contributed by atoms with van der Waals surface area (Å²) in [6.45, 7) is 20.8. The fourth-order valence-corrected chi connectivity index (χ4v) is 5.99. The van der Waals surface area contributed by atoms with Crippen molar-refractivity contribution in [3.8, 4) is 0 Å². The van der Waals surface area contributed by atoms with Gasteiger partial charge < -0.3 is 20.1 Å². The molecule has 1 aliphatic rings. The Morgan fingerprint density at radius 1 is 0.949 bits per heavy atom. The lowest BCUT2D eigenvalue weighted by Gasteiger charge is -2.29. The second kappa shape index (κ2) is 16.9. The van der Waals surface area contributed by atoms with Crippen molar-refractivity contribution in [1.82, 2.24) is 0 Å². The minimum Gasteiger partial charge on any atom is -0.512 e. The first kappa shape index (κ1) is 35.9. The smallest absolute Gasteiger partial charge is 0.161 e. The maximum absolute atomic E-state index is 12.7. The van der Waals surface area contributed by atoms with E-state index in [1.807, 2.05) is 33.8 Å². The van der Waals surface area contributed by atoms with Crippen LogP contribution in [0.5, 0.6) is 0 Å². The van der Waals surface area contributed by atoms with Gasteiger partial charge in [-0.3, -0.25) is 4.79 Å². The number of ether oxygens (including phenoxy) is 1. The molecule has 0 aliphatic carbocycles. The van der Waals surface area contributed by atoms with Crippen LogP contribution < -0.4 is 0 Å². The molecule has 5 heteroatoms. The summed E-state index contributed by atoms with van der Waals surface area (Å²) in [5.41, 5.74) is -0.123. The molecule has 0 radical (unpaired) electrons. The first-order valence-electron chi connectivity index (χ1n) is 15.7. The molecule has 1 fully saturated rings. The van der Waals surface area contributed by atoms with Crippen molar-refractivity contribution >= 4 is 5.78 Å². The quantitative estimate of drug-likeness (QED) is 0.0913. The van der Waals surface area contributed by atoms with E-state index in [4.69, 9.17) is 4.74 Å². The normalized spacial score (nSPS) is 25.0. The molecule has 0 saturated carbocycles. The molecule has 10 atom stereocenters. The van der Waals surface area contributed by atoms with Crippen LogP contribution in [0.2, 0.25) is 0 Å². The highest BCUT2D eigenvalue weighted by Crippen LogP contribution is 2.33. The van der Waals surface area contributed by atoms with Crippen LogP contribution in [0.25, 0.3) is 0 Å². The minimum atomic E-state index is -0.632. The van der Waals surface area contributed by atoms with E-state index in [9.17, 15) is 20.1 Å². The number of rotatable bonds is 18. The van der Waals surface area contributed by atoms with Crippen molar-refractivity contribution in [1.29, 1.82) is 0 Å². The van der Waals surface area contributed by atoms with E-state index in [1.54, 1.807) is 0 Å². The largest absolute Gasteiger partial charge is 0.512 e. The van der Waals surface area contributed by atoms with E-state index in [2.05, 4.69) is 47.6 Å². The zero-order valence-electron chi connectivity index (χ0n) is 26.8. The maximum atomic E-state index is 12.7. The first-order valence-corrected chi connectivity index (χ1v) is 15.7. The molecular formula is C34H62O5. The number of carbonyl (C=O) groups excluding carboxylic acids is 1. The van der Waals surface area contributed by atoms with E-state index in [-0.39, 0.29) is 46.9 Å². The molecule has 1 saturated heterocycles. The molecule has 228 valence electrons. The third-order valence-corrected chi connectivity index (χ3v) is 9.02. The van der Waals surface area contributed by atoms with Crippen molar-refractivity contribution in [3.05, 3.63) is 24.0 Å². The molecule has 1 aliphatic heterocycles. The Hall–Kier alpha value is -1.17. The summed E-state index contributed by atoms with van der Waals surface area (Å²) in [4.78, 5) is 12.7. The SMILES string of the molecule is CCC(C)CC(C)CC(C)C(=O)/C=C(/O)C(C)CC(C)C/C=C/C(C)C(O)C(C)C(O)CC1CCC(C)(C)O1. The lowest BCUT2D eigenvalue weighted by Crippen LogP contribution is -2.36. The van der Waals surface area contributed by atoms with Crippen molar-refractivity contribution in [2.75, 3.05) is 0 Å². The topological polar surface area (TPSA) is 87.0 Å². The predicted molar refractivity (Wildman–Crippen MR) is 163 cm³/mol. The van der Waals surface area contributed by atoms with E-state index in [1.165, 1.54) is 6.08 Å². The standard InChI is InChI=1S/C34H62O5/c1-11-22(2)17-24(4)19-27(7)31(36)21-30(35)26(6)18-23(3)13-12-14-25(5)33(38)28(8)32(37)20-29-15-16-34(9,10)39-29/h12,14,21-29,32-33,35,37-38H,11,13,15-20H2,1-10H3/b14-12+,30-21+. The van der Waals surface area contributed by atoms with Gasteiger partial charge in [0.25, 0.3) is 0 Å². The van der Waals surface area contributed by atoms with Crippen LogP contribution in [-0.2, 0) is 9.53 Å². The Bertz CT molecular complexity index is 772. The molecular weight excluding hydrogens is 488 g/mol. The third kappa shape index (κ3) is 13.4. The van der Waals surface area contributed by atoms with Gasteiger partial charge in [0.2, 0.25) is 0 Å². The van der Waals surface area contributed by atoms with Crippen LogP contribution in [-0.4, -0.2) is 45.0 Å². The van der Waals surface area contributed by atoms with Crippen LogP contribution in [0.15, 0.2) is 24.0 Å². The summed E-state index contributed by atoms with van der Waals surface area (Å²) in [6.07, 6.45) is 11.7. The number of aliphatic hydroxyl groups is 3. The van der Waals surface area contributed by atoms with Crippen LogP contribution in [0.4, 0.5) is 0 Å². The van der Waals surface area contributed by atoms with E-state index < -0.39 is 12.2 Å². The number of hydrogen-bond acceptors (Lipinski definition) is 5. The van der Waals surface area contributed by atoms with Gasteiger partial charge in [-0.25, -0.2) is 0 Å². The van der Waals surface area contributed by atoms with Crippen molar-refractivity contribution in [3.63, 3.8) is 0 Å². The average molecular weight is 551 g/mol. The predicted octanol–water partition coefficient (Wildman–Crippen LogP) is 8.05. The van der Waals surface area contributed by atoms with Gasteiger partial charge in [-0.15, -0.1) is 0 Å². The minimum absolute atomic E-state index is 0.0187. The van der Waals surface area contributed by atoms with E-state index in [0.29, 0.717) is 24.2 Å². The highest BCUT2D eigenvalue weighted by Gasteiger charge is 2.35. The summed E-state index contributed by atoms with van der Waals surface area (Å²) in [7, 11) is 0. The zero-order chi connectivity index (χ0) is 29.9. The van der Waals surface area contributed by atoms with Gasteiger partial charge >= 0.3 is 0 Å². The number of aliphatic hydroxyl groups excluding tert-OH is 3. The highest BCUT2D eigenvalue weighted by molar-refractivity contribution is 5.91. The number of allylic oxidation sites excluding steroid dienone is 3. The number of carbonyl (C=O) groups is 1. The summed E-state index contributed by atoms with van der Waals surface area (Å²) < 4.78 is 6.02. The van der Waals surface area contributed by atoms with Gasteiger partial charge in [0.15, 0.2) is 5.78 Å². The monoisotopic (exact) mass is 550 g/mol. The number of hydrogen-bond donors (Lipinski definition) is 3. The molecule has 0 aromatic carbocycles. The summed E-state index contributed by atoms with van der Waals surface area (Å²) in [5.74, 6) is 1.22. The fourth-order valence-electron chi connectivity index (χ4n) is 5.99. The molecule has 10 unspecified atom stereocenters.